The van der Waals surface area contributed by atoms with Crippen LogP contribution < -0.4 is 0 Å². The third-order valence-electron chi connectivity index (χ3n) is 1.75. The van der Waals surface area contributed by atoms with E-state index >= 15 is 0 Å². The van der Waals surface area contributed by atoms with Gasteiger partial charge in [-0.25, -0.2) is 9.59 Å². The molecular formula is C11H16O6. The third-order valence-corrected chi connectivity index (χ3v) is 1.75. The Hall–Kier alpha value is -1.72. The first kappa shape index (κ1) is 13.3. The summed E-state index contributed by atoms with van der Waals surface area (Å²) in [5.74, 6) is -4.01. The largest absolute Gasteiger partial charge is 0.457 e. The summed E-state index contributed by atoms with van der Waals surface area (Å²) in [5, 5.41) is 0. The minimum absolute atomic E-state index is 0.390. The molecule has 0 aromatic heterocycles. The van der Waals surface area contributed by atoms with Crippen molar-refractivity contribution in [1.29, 1.82) is 0 Å². The van der Waals surface area contributed by atoms with Gasteiger partial charge in [-0.3, -0.25) is 0 Å². The van der Waals surface area contributed by atoms with E-state index in [1.807, 2.05) is 0 Å². The molecule has 0 bridgehead atoms. The van der Waals surface area contributed by atoms with Gasteiger partial charge in [0.25, 0.3) is 0 Å². The molecule has 0 saturated heterocycles. The minimum atomic E-state index is -2.16. The summed E-state index contributed by atoms with van der Waals surface area (Å²) in [6, 6.07) is 0. The fourth-order valence-electron chi connectivity index (χ4n) is 1.13. The average molecular weight is 244 g/mol. The Labute approximate surface area is 99.5 Å². The number of ether oxygens (including phenoxy) is 4. The van der Waals surface area contributed by atoms with E-state index in [9.17, 15) is 9.59 Å². The molecule has 0 aliphatic carbocycles. The quantitative estimate of drug-likeness (QED) is 0.545. The van der Waals surface area contributed by atoms with Crippen molar-refractivity contribution in [2.24, 2.45) is 0 Å². The van der Waals surface area contributed by atoms with Crippen molar-refractivity contribution in [3.63, 3.8) is 0 Å². The number of hydrogen-bond donors (Lipinski definition) is 0. The van der Waals surface area contributed by atoms with E-state index in [0.29, 0.717) is 0 Å². The van der Waals surface area contributed by atoms with Gasteiger partial charge < -0.3 is 18.9 Å². The van der Waals surface area contributed by atoms with E-state index in [4.69, 9.17) is 18.9 Å². The SMILES string of the molecule is CC(C)OC(=O)C1(C(=O)OC(C)C)OC=CO1. The van der Waals surface area contributed by atoms with Gasteiger partial charge in [-0.1, -0.05) is 0 Å². The van der Waals surface area contributed by atoms with Crippen molar-refractivity contribution < 1.29 is 28.5 Å². The zero-order valence-corrected chi connectivity index (χ0v) is 10.3. The second kappa shape index (κ2) is 5.07. The monoisotopic (exact) mass is 244 g/mol. The van der Waals surface area contributed by atoms with Crippen LogP contribution in [0.3, 0.4) is 0 Å². The van der Waals surface area contributed by atoms with Crippen LogP contribution in [0.5, 0.6) is 0 Å². The first-order valence-electron chi connectivity index (χ1n) is 5.31. The van der Waals surface area contributed by atoms with Crippen molar-refractivity contribution in [2.75, 3.05) is 0 Å². The maximum atomic E-state index is 11.8. The highest BCUT2D eigenvalue weighted by molar-refractivity contribution is 6.02. The smallest absolute Gasteiger partial charge is 0.452 e. The van der Waals surface area contributed by atoms with Crippen molar-refractivity contribution in [1.82, 2.24) is 0 Å². The van der Waals surface area contributed by atoms with Crippen LogP contribution in [0.1, 0.15) is 27.7 Å². The third kappa shape index (κ3) is 2.89. The van der Waals surface area contributed by atoms with Crippen LogP contribution in [0.15, 0.2) is 12.5 Å². The molecule has 6 heteroatoms. The van der Waals surface area contributed by atoms with E-state index in [0.717, 1.165) is 12.5 Å². The van der Waals surface area contributed by atoms with E-state index in [2.05, 4.69) is 0 Å². The summed E-state index contributed by atoms with van der Waals surface area (Å²) in [4.78, 5) is 23.6. The number of rotatable bonds is 4. The first-order valence-corrected chi connectivity index (χ1v) is 5.31. The molecule has 0 spiro atoms. The highest BCUT2D eigenvalue weighted by Crippen LogP contribution is 2.25. The Bertz CT molecular complexity index is 299. The highest BCUT2D eigenvalue weighted by atomic mass is 16.8. The van der Waals surface area contributed by atoms with E-state index in [1.165, 1.54) is 0 Å². The topological polar surface area (TPSA) is 71.1 Å². The second-order valence-corrected chi connectivity index (χ2v) is 4.03. The van der Waals surface area contributed by atoms with E-state index in [1.54, 1.807) is 27.7 Å². The maximum Gasteiger partial charge on any atom is 0.452 e. The Morgan fingerprint density at radius 2 is 1.29 bits per heavy atom. The standard InChI is InChI=1S/C11H16O6/c1-7(2)16-9(12)11(14-5-6-15-11)10(13)17-8(3)4/h5-8H,1-4H3. The van der Waals surface area contributed by atoms with Gasteiger partial charge in [0.2, 0.25) is 0 Å². The summed E-state index contributed by atoms with van der Waals surface area (Å²) in [6.07, 6.45) is 1.42. The van der Waals surface area contributed by atoms with Crippen LogP contribution in [0.4, 0.5) is 0 Å². The maximum absolute atomic E-state index is 11.8. The first-order chi connectivity index (χ1) is 7.88. The van der Waals surface area contributed by atoms with Crippen molar-refractivity contribution in [3.05, 3.63) is 12.5 Å². The lowest BCUT2D eigenvalue weighted by Gasteiger charge is -2.24. The zero-order chi connectivity index (χ0) is 13.1. The molecule has 1 rings (SSSR count). The highest BCUT2D eigenvalue weighted by Gasteiger charge is 2.57. The predicted molar refractivity (Wildman–Crippen MR) is 56.5 cm³/mol. The fourth-order valence-corrected chi connectivity index (χ4v) is 1.13. The molecule has 0 aromatic carbocycles. The van der Waals surface area contributed by atoms with Crippen LogP contribution in [0, 0.1) is 0 Å². The van der Waals surface area contributed by atoms with Crippen molar-refractivity contribution >= 4 is 11.9 Å². The number of hydrogen-bond acceptors (Lipinski definition) is 6. The van der Waals surface area contributed by atoms with Crippen LogP contribution >= 0.6 is 0 Å². The molecule has 96 valence electrons. The summed E-state index contributed by atoms with van der Waals surface area (Å²) in [6.45, 7) is 6.62. The number of carbonyl (C=O) groups excluding carboxylic acids is 2. The molecule has 1 heterocycles. The molecule has 1 aliphatic heterocycles. The number of esters is 2. The molecular weight excluding hydrogens is 228 g/mol. The molecule has 0 unspecified atom stereocenters. The molecule has 0 amide bonds. The molecule has 0 N–H and O–H groups in total. The molecule has 0 atom stereocenters. The van der Waals surface area contributed by atoms with Gasteiger partial charge in [0, 0.05) is 0 Å². The van der Waals surface area contributed by atoms with Gasteiger partial charge in [-0.05, 0) is 27.7 Å². The second-order valence-electron chi connectivity index (χ2n) is 4.03. The van der Waals surface area contributed by atoms with Crippen molar-refractivity contribution in [2.45, 2.75) is 45.7 Å². The fraction of sp³-hybridized carbons (Fsp3) is 0.636. The normalized spacial score (nSPS) is 16.6. The van der Waals surface area contributed by atoms with E-state index in [-0.39, 0.29) is 12.2 Å². The molecule has 17 heavy (non-hydrogen) atoms. The molecule has 0 fully saturated rings. The molecule has 0 saturated carbocycles. The Balaban J connectivity index is 2.82. The van der Waals surface area contributed by atoms with Gasteiger partial charge in [-0.15, -0.1) is 0 Å². The minimum Gasteiger partial charge on any atom is -0.457 e. The lowest BCUT2D eigenvalue weighted by atomic mass is 10.2. The lowest BCUT2D eigenvalue weighted by Crippen LogP contribution is -2.51. The van der Waals surface area contributed by atoms with Crippen molar-refractivity contribution in [3.8, 4) is 0 Å². The Morgan fingerprint density at radius 3 is 1.59 bits per heavy atom. The van der Waals surface area contributed by atoms with Gasteiger partial charge in [-0.2, -0.15) is 0 Å². The van der Waals surface area contributed by atoms with Crippen LogP contribution in [-0.4, -0.2) is 29.9 Å². The van der Waals surface area contributed by atoms with Gasteiger partial charge >= 0.3 is 17.7 Å². The van der Waals surface area contributed by atoms with Crippen LogP contribution in [-0.2, 0) is 28.5 Å². The number of carbonyl (C=O) groups is 2. The summed E-state index contributed by atoms with van der Waals surface area (Å²) in [7, 11) is 0. The molecule has 0 aromatic rings. The Morgan fingerprint density at radius 1 is 0.941 bits per heavy atom. The van der Waals surface area contributed by atoms with E-state index < -0.39 is 17.7 Å². The Kier molecular flexibility index (Phi) is 3.98. The van der Waals surface area contributed by atoms with Crippen LogP contribution in [0.2, 0.25) is 0 Å². The summed E-state index contributed by atoms with van der Waals surface area (Å²) in [5.41, 5.74) is 0. The molecule has 6 nitrogen and oxygen atoms in total. The van der Waals surface area contributed by atoms with Gasteiger partial charge in [0.15, 0.2) is 0 Å². The predicted octanol–water partition coefficient (Wildman–Crippen LogP) is 1.10. The van der Waals surface area contributed by atoms with Crippen LogP contribution in [0.25, 0.3) is 0 Å². The molecule has 0 radical (unpaired) electrons. The molecule has 1 aliphatic rings. The van der Waals surface area contributed by atoms with Gasteiger partial charge in [0.05, 0.1) is 12.2 Å². The lowest BCUT2D eigenvalue weighted by molar-refractivity contribution is -0.221. The summed E-state index contributed by atoms with van der Waals surface area (Å²) >= 11 is 0. The zero-order valence-electron chi connectivity index (χ0n) is 10.3. The van der Waals surface area contributed by atoms with Gasteiger partial charge in [0.1, 0.15) is 12.5 Å². The summed E-state index contributed by atoms with van der Waals surface area (Å²) < 4.78 is 19.6. The average Bonchev–Trinajstić information content (AvgIpc) is 2.64.